The Hall–Kier alpha value is 0.660. The molecule has 0 aromatic carbocycles. The molecule has 0 bridgehead atoms. The predicted molar refractivity (Wildman–Crippen MR) is 31.3 cm³/mol. The molecular formula is C2H8NS2+. The smallest absolute Gasteiger partial charge is 0.0849 e. The Bertz CT molecular complexity index is 21.6. The van der Waals surface area contributed by atoms with Crippen molar-refractivity contribution in [1.29, 1.82) is 0 Å². The van der Waals surface area contributed by atoms with Crippen LogP contribution in [0.2, 0.25) is 0 Å². The molecule has 32 valence electrons. The first-order valence-corrected chi connectivity index (χ1v) is 3.73. The molecule has 1 nitrogen and oxygen atoms in total. The Morgan fingerprint density at radius 1 is 1.60 bits per heavy atom. The van der Waals surface area contributed by atoms with Crippen molar-refractivity contribution in [2.75, 3.05) is 12.5 Å². The predicted octanol–water partition coefficient (Wildman–Crippen LogP) is 0.214. The van der Waals surface area contributed by atoms with Gasteiger partial charge in [-0.2, -0.15) is 0 Å². The SMILES string of the molecule is C[S+](C)NS. The third kappa shape index (κ3) is 4.66. The van der Waals surface area contributed by atoms with Crippen LogP contribution in [0.1, 0.15) is 0 Å². The Morgan fingerprint density at radius 2 is 1.80 bits per heavy atom. The molecule has 0 fully saturated rings. The van der Waals surface area contributed by atoms with Crippen LogP contribution in [0.15, 0.2) is 0 Å². The van der Waals surface area contributed by atoms with Crippen LogP contribution in [0.25, 0.3) is 0 Å². The fourth-order valence-corrected chi connectivity index (χ4v) is 0. The molecule has 0 unspecified atom stereocenters. The molecule has 5 heavy (non-hydrogen) atoms. The van der Waals surface area contributed by atoms with E-state index in [0.29, 0.717) is 11.1 Å². The second-order valence-corrected chi connectivity index (χ2v) is 3.27. The quantitative estimate of drug-likeness (QED) is 0.363. The standard InChI is InChI=1S/C2H8NS2/c1-5(2)3-4/h3-4H,1-2H3/q+1. The van der Waals surface area contributed by atoms with Crippen LogP contribution in [0.3, 0.4) is 0 Å². The van der Waals surface area contributed by atoms with E-state index < -0.39 is 0 Å². The van der Waals surface area contributed by atoms with Crippen LogP contribution in [0.5, 0.6) is 0 Å². The molecular weight excluding hydrogens is 102 g/mol. The van der Waals surface area contributed by atoms with E-state index in [9.17, 15) is 0 Å². The van der Waals surface area contributed by atoms with Gasteiger partial charge in [0, 0.05) is 0 Å². The first kappa shape index (κ1) is 5.66. The van der Waals surface area contributed by atoms with E-state index in [4.69, 9.17) is 0 Å². The molecule has 0 aromatic heterocycles. The van der Waals surface area contributed by atoms with Gasteiger partial charge in [0.15, 0.2) is 0 Å². The van der Waals surface area contributed by atoms with Crippen molar-refractivity contribution in [3.8, 4) is 0 Å². The van der Waals surface area contributed by atoms with Gasteiger partial charge in [-0.05, 0) is 12.8 Å². The summed E-state index contributed by atoms with van der Waals surface area (Å²) in [6.45, 7) is 0. The van der Waals surface area contributed by atoms with Crippen LogP contribution >= 0.6 is 12.8 Å². The zero-order valence-electron chi connectivity index (χ0n) is 3.36. The largest absolute Gasteiger partial charge is 0.118 e. The summed E-state index contributed by atoms with van der Waals surface area (Å²) in [6, 6.07) is 0. The van der Waals surface area contributed by atoms with Gasteiger partial charge in [0.25, 0.3) is 0 Å². The summed E-state index contributed by atoms with van der Waals surface area (Å²) in [4.78, 5) is 0. The maximum absolute atomic E-state index is 3.78. The lowest BCUT2D eigenvalue weighted by Crippen LogP contribution is -2.07. The van der Waals surface area contributed by atoms with Gasteiger partial charge in [-0.15, -0.1) is 0 Å². The van der Waals surface area contributed by atoms with Crippen molar-refractivity contribution in [2.24, 2.45) is 0 Å². The first-order chi connectivity index (χ1) is 2.27. The molecule has 1 N–H and O–H groups in total. The highest BCUT2D eigenvalue weighted by Gasteiger charge is 1.89. The molecule has 0 atom stereocenters. The van der Waals surface area contributed by atoms with E-state index >= 15 is 0 Å². The van der Waals surface area contributed by atoms with Crippen molar-refractivity contribution in [3.05, 3.63) is 0 Å². The maximum Gasteiger partial charge on any atom is 0.118 e. The lowest BCUT2D eigenvalue weighted by atomic mass is 11.9. The molecule has 0 amide bonds. The maximum atomic E-state index is 3.78. The molecule has 0 aliphatic rings. The minimum absolute atomic E-state index is 0.292. The van der Waals surface area contributed by atoms with Crippen molar-refractivity contribution < 1.29 is 0 Å². The van der Waals surface area contributed by atoms with Gasteiger partial charge in [0.2, 0.25) is 0 Å². The Kier molecular flexibility index (Phi) is 3.25. The van der Waals surface area contributed by atoms with Gasteiger partial charge in [0.05, 0.1) is 11.1 Å². The number of rotatable bonds is 1. The lowest BCUT2D eigenvalue weighted by molar-refractivity contribution is 1.73. The second-order valence-electron chi connectivity index (χ2n) is 0.908. The van der Waals surface area contributed by atoms with Crippen LogP contribution in [-0.2, 0) is 11.1 Å². The number of hydrogen-bond acceptors (Lipinski definition) is 2. The molecule has 0 rings (SSSR count). The topological polar surface area (TPSA) is 12.0 Å². The molecule has 0 aliphatic carbocycles. The van der Waals surface area contributed by atoms with E-state index in [0.717, 1.165) is 0 Å². The molecule has 0 heterocycles. The molecule has 0 saturated heterocycles. The van der Waals surface area contributed by atoms with Crippen LogP contribution < -0.4 is 4.13 Å². The van der Waals surface area contributed by atoms with Gasteiger partial charge in [-0.25, -0.2) is 0 Å². The summed E-state index contributed by atoms with van der Waals surface area (Å²) >= 11 is 4.07. The van der Waals surface area contributed by atoms with Crippen molar-refractivity contribution >= 4 is 23.9 Å². The highest BCUT2D eigenvalue weighted by molar-refractivity contribution is 8.03. The minimum Gasteiger partial charge on any atom is -0.0849 e. The number of nitrogens with one attached hydrogen (secondary N) is 1. The summed E-state index contributed by atoms with van der Waals surface area (Å²) in [5.41, 5.74) is 0. The zero-order chi connectivity index (χ0) is 4.28. The third-order valence-corrected chi connectivity index (χ3v) is 1.64. The van der Waals surface area contributed by atoms with Crippen LogP contribution in [0, 0.1) is 0 Å². The number of hydrogen-bond donors (Lipinski definition) is 2. The minimum atomic E-state index is 0.292. The Balaban J connectivity index is 2.54. The molecule has 0 aromatic rings. The average Bonchev–Trinajstić information content (AvgIpc) is 1.38. The number of thiol groups is 1. The molecule has 0 spiro atoms. The van der Waals surface area contributed by atoms with Gasteiger partial charge in [-0.1, -0.05) is 4.13 Å². The van der Waals surface area contributed by atoms with Crippen LogP contribution in [-0.4, -0.2) is 12.5 Å². The first-order valence-electron chi connectivity index (χ1n) is 1.24. The molecule has 0 saturated carbocycles. The highest BCUT2D eigenvalue weighted by Crippen LogP contribution is 1.72. The summed E-state index contributed by atoms with van der Waals surface area (Å²) in [5, 5.41) is 0. The Morgan fingerprint density at radius 3 is 1.80 bits per heavy atom. The van der Waals surface area contributed by atoms with Crippen molar-refractivity contribution in [3.63, 3.8) is 0 Å². The molecule has 0 aliphatic heterocycles. The van der Waals surface area contributed by atoms with Crippen LogP contribution in [0.4, 0.5) is 0 Å². The molecule has 3 heteroatoms. The third-order valence-electron chi connectivity index (χ3n) is 0.183. The highest BCUT2D eigenvalue weighted by atomic mass is 32.2. The van der Waals surface area contributed by atoms with Gasteiger partial charge in [0.1, 0.15) is 12.5 Å². The summed E-state index contributed by atoms with van der Waals surface area (Å²) < 4.78 is 2.75. The van der Waals surface area contributed by atoms with Crippen molar-refractivity contribution in [1.82, 2.24) is 4.13 Å². The zero-order valence-corrected chi connectivity index (χ0v) is 5.07. The normalized spacial score (nSPS) is 9.60. The summed E-state index contributed by atoms with van der Waals surface area (Å²) in [7, 11) is 0. The van der Waals surface area contributed by atoms with Gasteiger partial charge in [-0.3, -0.25) is 0 Å². The van der Waals surface area contributed by atoms with E-state index in [-0.39, 0.29) is 0 Å². The second kappa shape index (κ2) is 2.87. The monoisotopic (exact) mass is 110 g/mol. The van der Waals surface area contributed by atoms with E-state index in [1.807, 2.05) is 0 Å². The fraction of sp³-hybridized carbons (Fsp3) is 1.00. The van der Waals surface area contributed by atoms with Crippen molar-refractivity contribution in [2.45, 2.75) is 0 Å². The average molecular weight is 110 g/mol. The van der Waals surface area contributed by atoms with Gasteiger partial charge >= 0.3 is 0 Å². The molecule has 0 radical (unpaired) electrons. The van der Waals surface area contributed by atoms with E-state index in [2.05, 4.69) is 29.5 Å². The fourth-order valence-electron chi connectivity index (χ4n) is 0. The van der Waals surface area contributed by atoms with E-state index in [1.165, 1.54) is 0 Å². The summed E-state index contributed by atoms with van der Waals surface area (Å²) in [5.74, 6) is 0. The van der Waals surface area contributed by atoms with E-state index in [1.54, 1.807) is 0 Å². The lowest BCUT2D eigenvalue weighted by Gasteiger charge is -1.81. The van der Waals surface area contributed by atoms with Gasteiger partial charge < -0.3 is 0 Å². The Labute approximate surface area is 41.2 Å². The summed E-state index contributed by atoms with van der Waals surface area (Å²) in [6.07, 6.45) is 4.12.